The molecule has 0 aliphatic carbocycles. The molecule has 0 fully saturated rings. The van der Waals surface area contributed by atoms with E-state index in [2.05, 4.69) is 76.0 Å². The zero-order valence-electron chi connectivity index (χ0n) is 13.7. The van der Waals surface area contributed by atoms with Crippen molar-refractivity contribution in [2.45, 2.75) is 59.7 Å². The second kappa shape index (κ2) is 5.61. The van der Waals surface area contributed by atoms with Gasteiger partial charge in [-0.05, 0) is 51.0 Å². The van der Waals surface area contributed by atoms with Crippen LogP contribution in [0.1, 0.15) is 52.7 Å². The molecule has 0 saturated carbocycles. The minimum Gasteiger partial charge on any atom is -0.363 e. The summed E-state index contributed by atoms with van der Waals surface area (Å²) in [6.07, 6.45) is 2.39. The summed E-state index contributed by atoms with van der Waals surface area (Å²) in [5, 5.41) is 3.49. The lowest BCUT2D eigenvalue weighted by Gasteiger charge is -2.43. The van der Waals surface area contributed by atoms with Gasteiger partial charge in [0.25, 0.3) is 0 Å². The van der Waals surface area contributed by atoms with Crippen LogP contribution < -0.4 is 10.2 Å². The van der Waals surface area contributed by atoms with Gasteiger partial charge in [0.15, 0.2) is 0 Å². The fourth-order valence-electron chi connectivity index (χ4n) is 3.14. The number of nitrogens with one attached hydrogen (secondary N) is 1. The molecule has 0 spiro atoms. The van der Waals surface area contributed by atoms with E-state index in [1.165, 1.54) is 22.4 Å². The van der Waals surface area contributed by atoms with Crippen molar-refractivity contribution >= 4 is 11.3 Å². The summed E-state index contributed by atoms with van der Waals surface area (Å²) in [6.45, 7) is 15.4. The Labute approximate surface area is 123 Å². The van der Waals surface area contributed by atoms with E-state index >= 15 is 0 Å². The largest absolute Gasteiger partial charge is 0.363 e. The Morgan fingerprint density at radius 3 is 2.55 bits per heavy atom. The van der Waals surface area contributed by atoms with E-state index in [1.54, 1.807) is 0 Å². The zero-order chi connectivity index (χ0) is 14.9. The van der Waals surface area contributed by atoms with Crippen molar-refractivity contribution in [2.24, 2.45) is 0 Å². The van der Waals surface area contributed by atoms with Crippen molar-refractivity contribution in [3.05, 3.63) is 35.4 Å². The molecule has 0 saturated heterocycles. The van der Waals surface area contributed by atoms with Crippen molar-refractivity contribution < 1.29 is 0 Å². The smallest absolute Gasteiger partial charge is 0.0534 e. The van der Waals surface area contributed by atoms with E-state index in [4.69, 9.17) is 0 Å². The predicted octanol–water partition coefficient (Wildman–Crippen LogP) is 4.21. The normalized spacial score (nSPS) is 17.1. The van der Waals surface area contributed by atoms with E-state index < -0.39 is 0 Å². The molecular formula is C18H28N2. The summed E-state index contributed by atoms with van der Waals surface area (Å²) in [5.74, 6) is 0. The number of likely N-dealkylation sites (N-methyl/N-ethyl adjacent to an activating group) is 1. The third kappa shape index (κ3) is 2.90. The standard InChI is InChI=1S/C18H28N2/c1-7-20-17-9-8-15(12-19-13(2)3)10-16(17)14(4)11-18(20,5)6/h8-11,13,19H,7,12H2,1-6H3. The molecule has 2 heteroatoms. The Morgan fingerprint density at radius 2 is 1.95 bits per heavy atom. The molecule has 0 radical (unpaired) electrons. The maximum absolute atomic E-state index is 3.49. The molecule has 1 aromatic carbocycles. The monoisotopic (exact) mass is 272 g/mol. The van der Waals surface area contributed by atoms with Gasteiger partial charge in [-0.2, -0.15) is 0 Å². The number of allylic oxidation sites excluding steroid dienone is 1. The summed E-state index contributed by atoms with van der Waals surface area (Å²) in [7, 11) is 0. The highest BCUT2D eigenvalue weighted by atomic mass is 15.2. The lowest BCUT2D eigenvalue weighted by atomic mass is 9.88. The fraction of sp³-hybridized carbons (Fsp3) is 0.556. The van der Waals surface area contributed by atoms with E-state index in [0.717, 1.165) is 13.1 Å². The Bertz CT molecular complexity index is 512. The van der Waals surface area contributed by atoms with Gasteiger partial charge >= 0.3 is 0 Å². The van der Waals surface area contributed by atoms with Crippen LogP contribution in [0, 0.1) is 0 Å². The van der Waals surface area contributed by atoms with Gasteiger partial charge in [0.2, 0.25) is 0 Å². The number of nitrogens with zero attached hydrogens (tertiary/aromatic N) is 1. The van der Waals surface area contributed by atoms with Gasteiger partial charge in [-0.15, -0.1) is 0 Å². The van der Waals surface area contributed by atoms with E-state index in [9.17, 15) is 0 Å². The Morgan fingerprint density at radius 1 is 1.25 bits per heavy atom. The first-order valence-corrected chi connectivity index (χ1v) is 7.69. The average Bonchev–Trinajstić information content (AvgIpc) is 2.36. The summed E-state index contributed by atoms with van der Waals surface area (Å²) >= 11 is 0. The number of hydrogen-bond acceptors (Lipinski definition) is 2. The molecule has 0 aromatic heterocycles. The van der Waals surface area contributed by atoms with Crippen molar-refractivity contribution in [3.8, 4) is 0 Å². The summed E-state index contributed by atoms with van der Waals surface area (Å²) in [4.78, 5) is 2.48. The molecule has 1 aliphatic heterocycles. The number of anilines is 1. The van der Waals surface area contributed by atoms with E-state index in [-0.39, 0.29) is 5.54 Å². The highest BCUT2D eigenvalue weighted by molar-refractivity contribution is 5.81. The predicted molar refractivity (Wildman–Crippen MR) is 89.2 cm³/mol. The molecule has 2 rings (SSSR count). The summed E-state index contributed by atoms with van der Waals surface area (Å²) in [6, 6.07) is 7.41. The van der Waals surface area contributed by atoms with Gasteiger partial charge in [0.1, 0.15) is 0 Å². The van der Waals surface area contributed by atoms with Crippen molar-refractivity contribution in [3.63, 3.8) is 0 Å². The van der Waals surface area contributed by atoms with Gasteiger partial charge < -0.3 is 10.2 Å². The molecule has 0 unspecified atom stereocenters. The van der Waals surface area contributed by atoms with Crippen LogP contribution in [0.4, 0.5) is 5.69 Å². The minimum absolute atomic E-state index is 0.101. The molecule has 0 atom stereocenters. The lowest BCUT2D eigenvalue weighted by Crippen LogP contribution is -2.44. The van der Waals surface area contributed by atoms with Crippen LogP contribution in [0.15, 0.2) is 24.3 Å². The van der Waals surface area contributed by atoms with Crippen LogP contribution in [0.3, 0.4) is 0 Å². The first-order chi connectivity index (χ1) is 9.35. The topological polar surface area (TPSA) is 15.3 Å². The van der Waals surface area contributed by atoms with Crippen LogP contribution in [-0.4, -0.2) is 18.1 Å². The number of fused-ring (bicyclic) bond motifs is 1. The quantitative estimate of drug-likeness (QED) is 0.883. The molecule has 1 N–H and O–H groups in total. The van der Waals surface area contributed by atoms with Crippen LogP contribution in [0.2, 0.25) is 0 Å². The molecule has 0 bridgehead atoms. The maximum atomic E-state index is 3.49. The molecule has 20 heavy (non-hydrogen) atoms. The van der Waals surface area contributed by atoms with Crippen LogP contribution >= 0.6 is 0 Å². The van der Waals surface area contributed by atoms with Gasteiger partial charge in [-0.25, -0.2) is 0 Å². The van der Waals surface area contributed by atoms with Crippen molar-refractivity contribution in [1.82, 2.24) is 5.32 Å². The first-order valence-electron chi connectivity index (χ1n) is 7.69. The second-order valence-corrected chi connectivity index (χ2v) is 6.61. The fourth-order valence-corrected chi connectivity index (χ4v) is 3.14. The molecule has 110 valence electrons. The molecule has 1 aliphatic rings. The van der Waals surface area contributed by atoms with Gasteiger partial charge in [0.05, 0.1) is 5.54 Å². The number of benzene rings is 1. The summed E-state index contributed by atoms with van der Waals surface area (Å²) < 4.78 is 0. The van der Waals surface area contributed by atoms with Gasteiger partial charge in [-0.3, -0.25) is 0 Å². The maximum Gasteiger partial charge on any atom is 0.0534 e. The highest BCUT2D eigenvalue weighted by Gasteiger charge is 2.29. The zero-order valence-corrected chi connectivity index (χ0v) is 13.7. The second-order valence-electron chi connectivity index (χ2n) is 6.61. The van der Waals surface area contributed by atoms with E-state index in [1.807, 2.05) is 0 Å². The minimum atomic E-state index is 0.101. The third-order valence-corrected chi connectivity index (χ3v) is 4.07. The van der Waals surface area contributed by atoms with Crippen LogP contribution in [0.5, 0.6) is 0 Å². The Hall–Kier alpha value is -1.28. The molecule has 2 nitrogen and oxygen atoms in total. The van der Waals surface area contributed by atoms with Crippen LogP contribution in [0.25, 0.3) is 5.57 Å². The molecule has 1 heterocycles. The number of rotatable bonds is 4. The molecule has 1 aromatic rings. The van der Waals surface area contributed by atoms with Gasteiger partial charge in [0, 0.05) is 30.4 Å². The van der Waals surface area contributed by atoms with Crippen molar-refractivity contribution in [1.29, 1.82) is 0 Å². The molecular weight excluding hydrogens is 244 g/mol. The highest BCUT2D eigenvalue weighted by Crippen LogP contribution is 2.38. The number of hydrogen-bond donors (Lipinski definition) is 1. The Balaban J connectivity index is 2.36. The Kier molecular flexibility index (Phi) is 4.24. The first kappa shape index (κ1) is 15.1. The van der Waals surface area contributed by atoms with Gasteiger partial charge in [-0.1, -0.05) is 26.0 Å². The van der Waals surface area contributed by atoms with E-state index in [0.29, 0.717) is 6.04 Å². The van der Waals surface area contributed by atoms with Crippen LogP contribution in [-0.2, 0) is 6.54 Å². The molecule has 0 amide bonds. The average molecular weight is 272 g/mol. The SMILES string of the molecule is CCN1c2ccc(CNC(C)C)cc2C(C)=CC1(C)C. The van der Waals surface area contributed by atoms with Crippen molar-refractivity contribution in [2.75, 3.05) is 11.4 Å². The third-order valence-electron chi connectivity index (χ3n) is 4.07. The summed E-state index contributed by atoms with van der Waals surface area (Å²) in [5.41, 5.74) is 5.60. The lowest BCUT2D eigenvalue weighted by molar-refractivity contribution is 0.565.